The predicted octanol–water partition coefficient (Wildman–Crippen LogP) is 3.15. The molecule has 0 saturated carbocycles. The van der Waals surface area contributed by atoms with Crippen LogP contribution in [0.25, 0.3) is 0 Å². The lowest BCUT2D eigenvalue weighted by molar-refractivity contribution is -0.163. The summed E-state index contributed by atoms with van der Waals surface area (Å²) in [5.74, 6) is -1.29. The zero-order valence-corrected chi connectivity index (χ0v) is 13.3. The molecule has 2 atom stereocenters. The van der Waals surface area contributed by atoms with E-state index in [0.29, 0.717) is 18.1 Å². The highest BCUT2D eigenvalue weighted by atomic mass is 35.5. The van der Waals surface area contributed by atoms with Gasteiger partial charge in [0.2, 0.25) is 0 Å². The van der Waals surface area contributed by atoms with E-state index in [4.69, 9.17) is 11.6 Å². The van der Waals surface area contributed by atoms with E-state index < -0.39 is 17.4 Å². The van der Waals surface area contributed by atoms with E-state index in [1.807, 2.05) is 29.2 Å². The molecule has 0 aliphatic carbocycles. The SMILES string of the molecule is C=CCC1(C(=O)O)C(=O)CCN(Cc2ccccc2Cl)C1C. The van der Waals surface area contributed by atoms with Crippen LogP contribution in [-0.4, -0.2) is 34.3 Å². The molecule has 0 radical (unpaired) electrons. The molecule has 1 saturated heterocycles. The average Bonchev–Trinajstić information content (AvgIpc) is 2.48. The molecule has 1 heterocycles. The van der Waals surface area contributed by atoms with Crippen molar-refractivity contribution in [3.63, 3.8) is 0 Å². The third-order valence-corrected chi connectivity index (χ3v) is 4.93. The maximum absolute atomic E-state index is 12.3. The van der Waals surface area contributed by atoms with Crippen LogP contribution in [-0.2, 0) is 16.1 Å². The molecule has 0 amide bonds. The van der Waals surface area contributed by atoms with Gasteiger partial charge in [0, 0.05) is 30.6 Å². The molecule has 0 spiro atoms. The summed E-state index contributed by atoms with van der Waals surface area (Å²) in [5, 5.41) is 10.3. The minimum absolute atomic E-state index is 0.140. The maximum atomic E-state index is 12.3. The van der Waals surface area contributed by atoms with Gasteiger partial charge in [-0.1, -0.05) is 35.9 Å². The number of carbonyl (C=O) groups excluding carboxylic acids is 1. The Morgan fingerprint density at radius 1 is 1.55 bits per heavy atom. The van der Waals surface area contributed by atoms with E-state index in [9.17, 15) is 14.7 Å². The number of rotatable bonds is 5. The molecule has 1 aliphatic rings. The number of ketones is 1. The number of benzene rings is 1. The van der Waals surface area contributed by atoms with Crippen molar-refractivity contribution >= 4 is 23.4 Å². The summed E-state index contributed by atoms with van der Waals surface area (Å²) in [4.78, 5) is 26.2. The number of hydrogen-bond acceptors (Lipinski definition) is 3. The number of piperidine rings is 1. The molecule has 118 valence electrons. The van der Waals surface area contributed by atoms with Crippen molar-refractivity contribution in [3.8, 4) is 0 Å². The molecule has 0 aromatic heterocycles. The lowest BCUT2D eigenvalue weighted by atomic mass is 9.70. The lowest BCUT2D eigenvalue weighted by Crippen LogP contribution is -2.59. The van der Waals surface area contributed by atoms with Crippen LogP contribution in [0, 0.1) is 5.41 Å². The molecular formula is C17H20ClNO3. The van der Waals surface area contributed by atoms with Crippen molar-refractivity contribution in [1.82, 2.24) is 4.90 Å². The van der Waals surface area contributed by atoms with Gasteiger partial charge in [0.15, 0.2) is 5.78 Å². The second kappa shape index (κ2) is 6.63. The van der Waals surface area contributed by atoms with Gasteiger partial charge in [-0.2, -0.15) is 0 Å². The van der Waals surface area contributed by atoms with Crippen LogP contribution in [0.2, 0.25) is 5.02 Å². The number of carbonyl (C=O) groups is 2. The molecule has 1 fully saturated rings. The first-order valence-corrected chi connectivity index (χ1v) is 7.66. The highest BCUT2D eigenvalue weighted by Gasteiger charge is 2.53. The van der Waals surface area contributed by atoms with E-state index in [-0.39, 0.29) is 18.6 Å². The lowest BCUT2D eigenvalue weighted by Gasteiger charge is -2.44. The van der Waals surface area contributed by atoms with E-state index in [1.165, 1.54) is 6.08 Å². The number of aliphatic carboxylic acids is 1. The largest absolute Gasteiger partial charge is 0.480 e. The summed E-state index contributed by atoms with van der Waals surface area (Å²) >= 11 is 6.19. The molecule has 4 nitrogen and oxygen atoms in total. The maximum Gasteiger partial charge on any atom is 0.319 e. The van der Waals surface area contributed by atoms with Crippen molar-refractivity contribution in [1.29, 1.82) is 0 Å². The first-order valence-electron chi connectivity index (χ1n) is 7.28. The molecule has 1 N–H and O–H groups in total. The van der Waals surface area contributed by atoms with Crippen LogP contribution < -0.4 is 0 Å². The van der Waals surface area contributed by atoms with Gasteiger partial charge in [0.25, 0.3) is 0 Å². The number of nitrogens with zero attached hydrogens (tertiary/aromatic N) is 1. The normalized spacial score (nSPS) is 25.9. The van der Waals surface area contributed by atoms with Crippen molar-refractivity contribution in [2.24, 2.45) is 5.41 Å². The Kier molecular flexibility index (Phi) is 5.04. The van der Waals surface area contributed by atoms with Gasteiger partial charge in [0.1, 0.15) is 5.41 Å². The Morgan fingerprint density at radius 2 is 2.23 bits per heavy atom. The molecule has 22 heavy (non-hydrogen) atoms. The molecule has 5 heteroatoms. The van der Waals surface area contributed by atoms with Gasteiger partial charge in [-0.3, -0.25) is 14.5 Å². The Hall–Kier alpha value is -1.65. The molecule has 2 rings (SSSR count). The van der Waals surface area contributed by atoms with E-state index in [0.717, 1.165) is 5.56 Å². The molecule has 1 aromatic carbocycles. The monoisotopic (exact) mass is 321 g/mol. The topological polar surface area (TPSA) is 57.6 Å². The zero-order chi connectivity index (χ0) is 16.3. The average molecular weight is 322 g/mol. The second-order valence-corrected chi connectivity index (χ2v) is 6.09. The van der Waals surface area contributed by atoms with Gasteiger partial charge in [0.05, 0.1) is 0 Å². The van der Waals surface area contributed by atoms with Crippen molar-refractivity contribution in [3.05, 3.63) is 47.5 Å². The van der Waals surface area contributed by atoms with E-state index in [1.54, 1.807) is 6.92 Å². The van der Waals surface area contributed by atoms with Gasteiger partial charge >= 0.3 is 5.97 Å². The Morgan fingerprint density at radius 3 is 2.82 bits per heavy atom. The Labute approximate surface area is 135 Å². The molecule has 0 bridgehead atoms. The van der Waals surface area contributed by atoms with Crippen LogP contribution >= 0.6 is 11.6 Å². The summed E-state index contributed by atoms with van der Waals surface area (Å²) < 4.78 is 0. The van der Waals surface area contributed by atoms with Crippen molar-refractivity contribution in [2.75, 3.05) is 6.54 Å². The molecule has 2 unspecified atom stereocenters. The minimum Gasteiger partial charge on any atom is -0.480 e. The van der Waals surface area contributed by atoms with E-state index in [2.05, 4.69) is 6.58 Å². The molecule has 1 aliphatic heterocycles. The highest BCUT2D eigenvalue weighted by molar-refractivity contribution is 6.31. The van der Waals surface area contributed by atoms with Gasteiger partial charge < -0.3 is 5.11 Å². The third kappa shape index (κ3) is 2.81. The quantitative estimate of drug-likeness (QED) is 0.668. The summed E-state index contributed by atoms with van der Waals surface area (Å²) in [6.45, 7) is 6.48. The number of hydrogen-bond donors (Lipinski definition) is 1. The molecule has 1 aromatic rings. The van der Waals surface area contributed by atoms with Crippen LogP contribution in [0.1, 0.15) is 25.3 Å². The fourth-order valence-corrected chi connectivity index (χ4v) is 3.36. The summed E-state index contributed by atoms with van der Waals surface area (Å²) in [5.41, 5.74) is -0.482. The third-order valence-electron chi connectivity index (χ3n) is 4.56. The smallest absolute Gasteiger partial charge is 0.319 e. The summed E-state index contributed by atoms with van der Waals surface area (Å²) in [6, 6.07) is 7.07. The zero-order valence-electron chi connectivity index (χ0n) is 12.6. The van der Waals surface area contributed by atoms with Crippen LogP contribution in [0.3, 0.4) is 0 Å². The number of Topliss-reactive ketones (excluding diaryl/α,β-unsaturated/α-hetero) is 1. The highest BCUT2D eigenvalue weighted by Crippen LogP contribution is 2.38. The van der Waals surface area contributed by atoms with Crippen molar-refractivity contribution < 1.29 is 14.7 Å². The minimum atomic E-state index is -1.42. The molecular weight excluding hydrogens is 302 g/mol. The number of carboxylic acids is 1. The predicted molar refractivity (Wildman–Crippen MR) is 85.8 cm³/mol. The Bertz CT molecular complexity index is 601. The number of carboxylic acid groups (broad SMARTS) is 1. The van der Waals surface area contributed by atoms with E-state index >= 15 is 0 Å². The number of likely N-dealkylation sites (tertiary alicyclic amines) is 1. The van der Waals surface area contributed by atoms with Gasteiger partial charge in [-0.05, 0) is 25.0 Å². The second-order valence-electron chi connectivity index (χ2n) is 5.68. The number of halogens is 1. The fraction of sp³-hybridized carbons (Fsp3) is 0.412. The van der Waals surface area contributed by atoms with Crippen LogP contribution in [0.15, 0.2) is 36.9 Å². The van der Waals surface area contributed by atoms with Gasteiger partial charge in [-0.25, -0.2) is 0 Å². The van der Waals surface area contributed by atoms with Crippen LogP contribution in [0.4, 0.5) is 0 Å². The Balaban J connectivity index is 2.31. The number of allylic oxidation sites excluding steroid dienone is 1. The van der Waals surface area contributed by atoms with Crippen LogP contribution in [0.5, 0.6) is 0 Å². The van der Waals surface area contributed by atoms with Gasteiger partial charge in [-0.15, -0.1) is 6.58 Å². The van der Waals surface area contributed by atoms with Crippen molar-refractivity contribution in [2.45, 2.75) is 32.4 Å². The standard InChI is InChI=1S/C17H20ClNO3/c1-3-9-17(16(21)22)12(2)19(10-8-15(17)20)11-13-6-4-5-7-14(13)18/h3-7,12H,1,8-11H2,2H3,(H,21,22). The summed E-state index contributed by atoms with van der Waals surface area (Å²) in [7, 11) is 0. The summed E-state index contributed by atoms with van der Waals surface area (Å²) in [6.07, 6.45) is 1.89. The fourth-order valence-electron chi connectivity index (χ4n) is 3.17. The first kappa shape index (κ1) is 16.7. The first-order chi connectivity index (χ1) is 10.4.